The number of imidazole rings is 1. The van der Waals surface area contributed by atoms with Gasteiger partial charge in [0, 0.05) is 6.42 Å². The van der Waals surface area contributed by atoms with E-state index < -0.39 is 0 Å². The van der Waals surface area contributed by atoms with Crippen LogP contribution in [0.5, 0.6) is 0 Å². The zero-order valence-electron chi connectivity index (χ0n) is 36.9. The molecule has 0 aliphatic carbocycles. The Morgan fingerprint density at radius 3 is 1.27 bits per heavy atom. The summed E-state index contributed by atoms with van der Waals surface area (Å²) in [6, 6.07) is 22.5. The summed E-state index contributed by atoms with van der Waals surface area (Å²) >= 11 is 0. The summed E-state index contributed by atoms with van der Waals surface area (Å²) in [7, 11) is 0. The number of hydrogen-bond donors (Lipinski definition) is 0. The molecule has 0 aliphatic rings. The summed E-state index contributed by atoms with van der Waals surface area (Å²) in [4.78, 5) is 0. The van der Waals surface area contributed by atoms with Crippen LogP contribution < -0.4 is 4.57 Å². The fraction of sp³-hybridized carbons (Fsp3) is 0.717. The maximum absolute atomic E-state index is 2.76. The Kier molecular flexibility index (Phi) is 28.0. The third-order valence-corrected chi connectivity index (χ3v) is 12.4. The molecule has 0 spiro atoms. The molecule has 1 aromatic heterocycles. The van der Waals surface area contributed by atoms with Crippen molar-refractivity contribution in [3.8, 4) is 0 Å². The first-order valence-electron chi connectivity index (χ1n) is 24.4. The zero-order chi connectivity index (χ0) is 38.9. The Morgan fingerprint density at radius 1 is 0.455 bits per heavy atom. The predicted octanol–water partition coefficient (Wildman–Crippen LogP) is 16.5. The molecule has 3 aromatic rings. The average molecular weight is 754 g/mol. The smallest absolute Gasteiger partial charge is 0.234 e. The molecule has 2 aromatic carbocycles. The molecule has 2 nitrogen and oxygen atoms in total. The van der Waals surface area contributed by atoms with Crippen molar-refractivity contribution in [2.45, 2.75) is 245 Å². The van der Waals surface area contributed by atoms with Gasteiger partial charge in [0.15, 0.2) is 0 Å². The predicted molar refractivity (Wildman–Crippen MR) is 242 cm³/mol. The van der Waals surface area contributed by atoms with Crippen LogP contribution in [0, 0.1) is 0 Å². The van der Waals surface area contributed by atoms with Gasteiger partial charge in [-0.3, -0.25) is 0 Å². The van der Waals surface area contributed by atoms with Crippen molar-refractivity contribution in [3.05, 3.63) is 89.5 Å². The van der Waals surface area contributed by atoms with Gasteiger partial charge in [0.2, 0.25) is 0 Å². The van der Waals surface area contributed by atoms with E-state index in [4.69, 9.17) is 0 Å². The van der Waals surface area contributed by atoms with Gasteiger partial charge in [0.1, 0.15) is 11.9 Å². The molecule has 0 fully saturated rings. The maximum atomic E-state index is 2.76. The van der Waals surface area contributed by atoms with Crippen molar-refractivity contribution in [3.63, 3.8) is 0 Å². The van der Waals surface area contributed by atoms with Gasteiger partial charge in [0.25, 0.3) is 5.82 Å². The SMILES string of the molecule is CCCCCCCCCCCCCCCCCCC[n+]1c(CC(C)c2ccccc2)cn(CCCCCCCCCCCCCCC)c1Cc1ccccc1. The third-order valence-electron chi connectivity index (χ3n) is 12.4. The van der Waals surface area contributed by atoms with Gasteiger partial charge < -0.3 is 0 Å². The van der Waals surface area contributed by atoms with Crippen molar-refractivity contribution in [1.29, 1.82) is 0 Å². The zero-order valence-corrected chi connectivity index (χ0v) is 36.9. The molecule has 310 valence electrons. The van der Waals surface area contributed by atoms with Crippen LogP contribution in [0.15, 0.2) is 66.9 Å². The molecule has 0 radical (unpaired) electrons. The van der Waals surface area contributed by atoms with Crippen LogP contribution in [0.3, 0.4) is 0 Å². The lowest BCUT2D eigenvalue weighted by atomic mass is 9.96. The molecule has 1 atom stereocenters. The molecular formula is C53H89N2+. The second-order valence-corrected chi connectivity index (χ2v) is 17.5. The second kappa shape index (κ2) is 32.7. The van der Waals surface area contributed by atoms with Crippen molar-refractivity contribution in [1.82, 2.24) is 4.57 Å². The molecule has 0 saturated carbocycles. The highest BCUT2D eigenvalue weighted by atomic mass is 15.2. The van der Waals surface area contributed by atoms with Crippen molar-refractivity contribution in [2.24, 2.45) is 0 Å². The molecule has 55 heavy (non-hydrogen) atoms. The number of nitrogens with zero attached hydrogens (tertiary/aromatic N) is 2. The standard InChI is InChI=1S/C53H89N2/c1-4-6-8-10-12-14-16-18-19-20-21-23-25-27-29-31-39-45-55-52(46-49(3)51-42-36-33-37-43-51)48-54(53(55)47-50-40-34-32-35-41-50)44-38-30-28-26-24-22-17-15-13-11-9-7-5-2/h32-37,40-43,48-49H,4-31,38-39,44-47H2,1-3H3/q+1. The Hall–Kier alpha value is -2.35. The van der Waals surface area contributed by atoms with Gasteiger partial charge in [-0.1, -0.05) is 248 Å². The molecule has 0 bridgehead atoms. The van der Waals surface area contributed by atoms with E-state index in [2.05, 4.69) is 96.8 Å². The van der Waals surface area contributed by atoms with Gasteiger partial charge in [0.05, 0.1) is 19.5 Å². The summed E-state index contributed by atoms with van der Waals surface area (Å²) < 4.78 is 5.44. The van der Waals surface area contributed by atoms with Gasteiger partial charge in [-0.05, 0) is 42.7 Å². The fourth-order valence-electron chi connectivity index (χ4n) is 8.76. The molecule has 2 heteroatoms. The quantitative estimate of drug-likeness (QED) is 0.0409. The lowest BCUT2D eigenvalue weighted by Crippen LogP contribution is -2.41. The van der Waals surface area contributed by atoms with E-state index in [1.165, 1.54) is 215 Å². The van der Waals surface area contributed by atoms with Crippen molar-refractivity contribution < 1.29 is 4.57 Å². The minimum absolute atomic E-state index is 0.514. The minimum atomic E-state index is 0.514. The van der Waals surface area contributed by atoms with Crippen LogP contribution >= 0.6 is 0 Å². The Morgan fingerprint density at radius 2 is 0.836 bits per heavy atom. The first-order valence-corrected chi connectivity index (χ1v) is 24.4. The van der Waals surface area contributed by atoms with E-state index in [9.17, 15) is 0 Å². The van der Waals surface area contributed by atoms with Gasteiger partial charge in [-0.15, -0.1) is 0 Å². The normalized spacial score (nSPS) is 12.1. The Bertz CT molecular complexity index is 1260. The molecule has 0 saturated heterocycles. The van der Waals surface area contributed by atoms with E-state index in [-0.39, 0.29) is 0 Å². The van der Waals surface area contributed by atoms with Gasteiger partial charge >= 0.3 is 0 Å². The number of rotatable bonds is 37. The largest absolute Gasteiger partial charge is 0.261 e. The maximum Gasteiger partial charge on any atom is 0.261 e. The van der Waals surface area contributed by atoms with Crippen molar-refractivity contribution >= 4 is 0 Å². The van der Waals surface area contributed by atoms with Crippen LogP contribution in [-0.2, 0) is 25.9 Å². The van der Waals surface area contributed by atoms with E-state index in [0.29, 0.717) is 5.92 Å². The molecule has 0 amide bonds. The van der Waals surface area contributed by atoms with Crippen LogP contribution in [0.2, 0.25) is 0 Å². The van der Waals surface area contributed by atoms with E-state index >= 15 is 0 Å². The topological polar surface area (TPSA) is 8.81 Å². The number of hydrogen-bond acceptors (Lipinski definition) is 0. The van der Waals surface area contributed by atoms with Gasteiger partial charge in [-0.25, -0.2) is 9.13 Å². The fourth-order valence-corrected chi connectivity index (χ4v) is 8.76. The van der Waals surface area contributed by atoms with Crippen LogP contribution in [0.4, 0.5) is 0 Å². The first-order chi connectivity index (χ1) is 27.2. The van der Waals surface area contributed by atoms with E-state index in [1.54, 1.807) is 0 Å². The average Bonchev–Trinajstić information content (AvgIpc) is 3.52. The Labute approximate surface area is 342 Å². The number of benzene rings is 2. The van der Waals surface area contributed by atoms with Crippen molar-refractivity contribution in [2.75, 3.05) is 0 Å². The number of unbranched alkanes of at least 4 members (excludes halogenated alkanes) is 28. The van der Waals surface area contributed by atoms with E-state index in [1.807, 2.05) is 0 Å². The molecule has 3 rings (SSSR count). The molecule has 0 aliphatic heterocycles. The highest BCUT2D eigenvalue weighted by Gasteiger charge is 2.25. The summed E-state index contributed by atoms with van der Waals surface area (Å²) in [5.74, 6) is 2.04. The third kappa shape index (κ3) is 22.2. The lowest BCUT2D eigenvalue weighted by Gasteiger charge is -2.12. The minimum Gasteiger partial charge on any atom is -0.234 e. The highest BCUT2D eigenvalue weighted by Crippen LogP contribution is 2.22. The molecular weight excluding hydrogens is 665 g/mol. The second-order valence-electron chi connectivity index (χ2n) is 17.5. The number of aromatic nitrogens is 2. The monoisotopic (exact) mass is 754 g/mol. The van der Waals surface area contributed by atoms with Crippen LogP contribution in [-0.4, -0.2) is 4.57 Å². The summed E-state index contributed by atoms with van der Waals surface area (Å²) in [6.07, 6.45) is 47.3. The van der Waals surface area contributed by atoms with Gasteiger partial charge in [-0.2, -0.15) is 0 Å². The molecule has 1 unspecified atom stereocenters. The molecule has 0 N–H and O–H groups in total. The van der Waals surface area contributed by atoms with E-state index in [0.717, 1.165) is 25.9 Å². The summed E-state index contributed by atoms with van der Waals surface area (Å²) in [5.41, 5.74) is 4.43. The summed E-state index contributed by atoms with van der Waals surface area (Å²) in [6.45, 7) is 9.36. The van der Waals surface area contributed by atoms with Crippen LogP contribution in [0.1, 0.15) is 242 Å². The van der Waals surface area contributed by atoms with Crippen LogP contribution in [0.25, 0.3) is 0 Å². The molecule has 1 heterocycles. The lowest BCUT2D eigenvalue weighted by molar-refractivity contribution is -0.710. The number of aryl methyl sites for hydroxylation is 1. The highest BCUT2D eigenvalue weighted by molar-refractivity contribution is 5.21. The first kappa shape index (κ1) is 47.0. The Balaban J connectivity index is 1.46. The summed E-state index contributed by atoms with van der Waals surface area (Å²) in [5, 5.41) is 0.